The first-order valence-electron chi connectivity index (χ1n) is 12.2. The van der Waals surface area contributed by atoms with E-state index in [1.807, 2.05) is 0 Å². The molecule has 3 saturated carbocycles. The standard InChI is InChI=1S/C27H42O.I2/c1-18(2)7-6-8-19(3)23-11-12-24-22-10-9-20-17-21(28)13-15-26(20,4)25(22)14-16-27(23,24)5;1-2/h6,8-10,18-19,21,23-25,28H,7,11-17H2,1-5H3;/b8-6+;/t19?,21-,23+,24?,25?,26-,27+;/m0./s1. The van der Waals surface area contributed by atoms with Crippen LogP contribution in [0.15, 0.2) is 35.5 Å². The Balaban J connectivity index is 0.00000124. The molecule has 0 amide bonds. The molecule has 0 aromatic carbocycles. The first-order chi connectivity index (χ1) is 14.3. The van der Waals surface area contributed by atoms with Gasteiger partial charge in [0, 0.05) is 37.2 Å². The fraction of sp³-hybridized carbons (Fsp3) is 0.778. The molecule has 0 bridgehead atoms. The fourth-order valence-corrected chi connectivity index (χ4v) is 7.59. The van der Waals surface area contributed by atoms with E-state index >= 15 is 0 Å². The molecule has 3 fully saturated rings. The van der Waals surface area contributed by atoms with E-state index in [1.54, 1.807) is 5.57 Å². The van der Waals surface area contributed by atoms with Crippen molar-refractivity contribution in [2.45, 2.75) is 92.1 Å². The van der Waals surface area contributed by atoms with E-state index in [0.717, 1.165) is 36.5 Å². The molecular weight excluding hydrogens is 594 g/mol. The topological polar surface area (TPSA) is 20.2 Å². The molecule has 0 aliphatic heterocycles. The molecule has 4 aliphatic rings. The minimum atomic E-state index is -0.113. The summed E-state index contributed by atoms with van der Waals surface area (Å²) >= 11 is 4.24. The zero-order valence-electron chi connectivity index (χ0n) is 19.6. The van der Waals surface area contributed by atoms with Crippen LogP contribution in [-0.2, 0) is 0 Å². The zero-order valence-corrected chi connectivity index (χ0v) is 23.9. The molecule has 3 unspecified atom stereocenters. The number of hydrogen-bond donors (Lipinski definition) is 1. The van der Waals surface area contributed by atoms with Gasteiger partial charge in [0.1, 0.15) is 0 Å². The molecule has 170 valence electrons. The molecule has 30 heavy (non-hydrogen) atoms. The number of allylic oxidation sites excluding steroid dienone is 5. The molecule has 4 rings (SSSR count). The van der Waals surface area contributed by atoms with Gasteiger partial charge in [-0.3, -0.25) is 0 Å². The van der Waals surface area contributed by atoms with Crippen molar-refractivity contribution < 1.29 is 5.11 Å². The summed E-state index contributed by atoms with van der Waals surface area (Å²) in [6.45, 7) is 12.2. The van der Waals surface area contributed by atoms with Crippen molar-refractivity contribution in [3.8, 4) is 0 Å². The number of fused-ring (bicyclic) bond motifs is 5. The average molecular weight is 636 g/mol. The van der Waals surface area contributed by atoms with Crippen LogP contribution in [0.5, 0.6) is 0 Å². The molecule has 4 aliphatic carbocycles. The molecule has 3 heteroatoms. The Morgan fingerprint density at radius 1 is 1.03 bits per heavy atom. The van der Waals surface area contributed by atoms with Gasteiger partial charge < -0.3 is 5.11 Å². The van der Waals surface area contributed by atoms with Crippen LogP contribution in [0, 0.1) is 40.4 Å². The van der Waals surface area contributed by atoms with Gasteiger partial charge in [0.2, 0.25) is 0 Å². The maximum atomic E-state index is 10.2. The SMILES string of the molecule is CC(C)C/C=C/C(C)[C@H]1CCC2C3=CC=C4C[C@@H](O)CC[C@]4(C)C3CC[C@@]21C.II. The van der Waals surface area contributed by atoms with Gasteiger partial charge in [0.25, 0.3) is 0 Å². The largest absolute Gasteiger partial charge is 0.393 e. The van der Waals surface area contributed by atoms with Crippen LogP contribution in [-0.4, -0.2) is 11.2 Å². The molecule has 1 N–H and O–H groups in total. The Kier molecular flexibility index (Phi) is 8.65. The molecule has 7 atom stereocenters. The second-order valence-electron chi connectivity index (χ2n) is 11.4. The van der Waals surface area contributed by atoms with E-state index in [4.69, 9.17) is 0 Å². The van der Waals surface area contributed by atoms with Gasteiger partial charge in [-0.2, -0.15) is 0 Å². The molecular formula is C27H42I2O. The van der Waals surface area contributed by atoms with Crippen LogP contribution in [0.1, 0.15) is 86.0 Å². The number of aliphatic hydroxyl groups is 1. The second-order valence-corrected chi connectivity index (χ2v) is 11.4. The van der Waals surface area contributed by atoms with E-state index in [2.05, 4.69) is 96.2 Å². The van der Waals surface area contributed by atoms with Crippen molar-refractivity contribution in [3.63, 3.8) is 0 Å². The third kappa shape index (κ3) is 4.64. The maximum absolute atomic E-state index is 10.2. The molecule has 0 saturated heterocycles. The van der Waals surface area contributed by atoms with E-state index in [9.17, 15) is 5.11 Å². The van der Waals surface area contributed by atoms with E-state index in [1.165, 1.54) is 44.1 Å². The third-order valence-corrected chi connectivity index (χ3v) is 9.30. The number of halogens is 2. The summed E-state index contributed by atoms with van der Waals surface area (Å²) in [6.07, 6.45) is 19.6. The summed E-state index contributed by atoms with van der Waals surface area (Å²) in [5, 5.41) is 10.2. The van der Waals surface area contributed by atoms with Gasteiger partial charge in [-0.15, -0.1) is 0 Å². The summed E-state index contributed by atoms with van der Waals surface area (Å²) in [6, 6.07) is 0. The lowest BCUT2D eigenvalue weighted by molar-refractivity contribution is 0.0383. The smallest absolute Gasteiger partial charge is 0.0578 e. The van der Waals surface area contributed by atoms with Crippen molar-refractivity contribution >= 4 is 37.2 Å². The second kappa shape index (κ2) is 10.3. The summed E-state index contributed by atoms with van der Waals surface area (Å²) in [5.41, 5.74) is 4.09. The van der Waals surface area contributed by atoms with E-state index in [0.29, 0.717) is 16.7 Å². The fourth-order valence-electron chi connectivity index (χ4n) is 7.59. The highest BCUT2D eigenvalue weighted by molar-refractivity contribution is 15.0. The normalized spacial score (nSPS) is 41.2. The Hall–Kier alpha value is 0.640. The monoisotopic (exact) mass is 636 g/mol. The van der Waals surface area contributed by atoms with Gasteiger partial charge >= 0.3 is 0 Å². The molecule has 0 aromatic heterocycles. The third-order valence-electron chi connectivity index (χ3n) is 9.30. The van der Waals surface area contributed by atoms with Crippen LogP contribution in [0.25, 0.3) is 0 Å². The molecule has 0 heterocycles. The van der Waals surface area contributed by atoms with Crippen molar-refractivity contribution in [1.82, 2.24) is 0 Å². The zero-order chi connectivity index (χ0) is 22.1. The number of rotatable bonds is 4. The first-order valence-corrected chi connectivity index (χ1v) is 18.4. The van der Waals surface area contributed by atoms with E-state index < -0.39 is 0 Å². The lowest BCUT2D eigenvalue weighted by Crippen LogP contribution is -2.46. The highest BCUT2D eigenvalue weighted by Crippen LogP contribution is 2.65. The molecule has 0 radical (unpaired) electrons. The predicted molar refractivity (Wildman–Crippen MR) is 147 cm³/mol. The van der Waals surface area contributed by atoms with Gasteiger partial charge in [-0.25, -0.2) is 0 Å². The summed E-state index contributed by atoms with van der Waals surface area (Å²) in [4.78, 5) is 0. The summed E-state index contributed by atoms with van der Waals surface area (Å²) in [5.74, 6) is 3.78. The Labute approximate surface area is 208 Å². The van der Waals surface area contributed by atoms with Crippen LogP contribution in [0.2, 0.25) is 0 Å². The van der Waals surface area contributed by atoms with Gasteiger partial charge in [0.15, 0.2) is 0 Å². The number of hydrogen-bond acceptors (Lipinski definition) is 1. The Bertz CT molecular complexity index is 693. The maximum Gasteiger partial charge on any atom is 0.0578 e. The van der Waals surface area contributed by atoms with Crippen LogP contribution in [0.4, 0.5) is 0 Å². The lowest BCUT2D eigenvalue weighted by atomic mass is 9.50. The van der Waals surface area contributed by atoms with Crippen molar-refractivity contribution in [3.05, 3.63) is 35.5 Å². The first kappa shape index (κ1) is 25.3. The van der Waals surface area contributed by atoms with Gasteiger partial charge in [0.05, 0.1) is 6.10 Å². The van der Waals surface area contributed by atoms with Crippen LogP contribution < -0.4 is 0 Å². The van der Waals surface area contributed by atoms with Crippen LogP contribution in [0.3, 0.4) is 0 Å². The molecule has 0 aromatic rings. The average Bonchev–Trinajstić information content (AvgIpc) is 3.07. The summed E-state index contributed by atoms with van der Waals surface area (Å²) in [7, 11) is 0. The van der Waals surface area contributed by atoms with Gasteiger partial charge in [-0.05, 0) is 91.8 Å². The lowest BCUT2D eigenvalue weighted by Gasteiger charge is -2.55. The highest BCUT2D eigenvalue weighted by Gasteiger charge is 2.56. The molecule has 1 nitrogen and oxygen atoms in total. The quantitative estimate of drug-likeness (QED) is 0.242. The Morgan fingerprint density at radius 3 is 2.47 bits per heavy atom. The Morgan fingerprint density at radius 2 is 1.77 bits per heavy atom. The number of aliphatic hydroxyl groups excluding tert-OH is 1. The summed E-state index contributed by atoms with van der Waals surface area (Å²) < 4.78 is 0. The van der Waals surface area contributed by atoms with Crippen molar-refractivity contribution in [2.75, 3.05) is 0 Å². The molecule has 0 spiro atoms. The highest BCUT2D eigenvalue weighted by atomic mass is 128. The predicted octanol–water partition coefficient (Wildman–Crippen LogP) is 8.86. The van der Waals surface area contributed by atoms with Crippen molar-refractivity contribution in [1.29, 1.82) is 0 Å². The van der Waals surface area contributed by atoms with Gasteiger partial charge in [-0.1, -0.05) is 70.1 Å². The van der Waals surface area contributed by atoms with Crippen LogP contribution >= 0.6 is 37.2 Å². The van der Waals surface area contributed by atoms with Crippen molar-refractivity contribution in [2.24, 2.45) is 40.4 Å². The minimum Gasteiger partial charge on any atom is -0.393 e. The van der Waals surface area contributed by atoms with E-state index in [-0.39, 0.29) is 6.10 Å². The minimum absolute atomic E-state index is 0.113.